The highest BCUT2D eigenvalue weighted by Gasteiger charge is 2.17. The summed E-state index contributed by atoms with van der Waals surface area (Å²) in [6.45, 7) is 7.04. The zero-order valence-electron chi connectivity index (χ0n) is 18.7. The van der Waals surface area contributed by atoms with Crippen molar-refractivity contribution in [1.82, 2.24) is 9.38 Å². The minimum Gasteiger partial charge on any atom is -0.485 e. The molecule has 2 aromatic heterocycles. The van der Waals surface area contributed by atoms with Crippen LogP contribution in [0.5, 0.6) is 5.75 Å². The quantitative estimate of drug-likeness (QED) is 0.300. The van der Waals surface area contributed by atoms with Gasteiger partial charge in [-0.05, 0) is 55.5 Å². The number of para-hydroxylation sites is 1. The van der Waals surface area contributed by atoms with Gasteiger partial charge < -0.3 is 10.1 Å². The Hall–Kier alpha value is -3.27. The maximum absolute atomic E-state index is 6.19. The van der Waals surface area contributed by atoms with Crippen LogP contribution in [0.15, 0.2) is 66.9 Å². The minimum absolute atomic E-state index is 0.526. The first-order valence-electron chi connectivity index (χ1n) is 11.2. The van der Waals surface area contributed by atoms with Crippen LogP contribution in [-0.4, -0.2) is 9.38 Å². The fourth-order valence-corrected chi connectivity index (χ4v) is 3.92. The largest absolute Gasteiger partial charge is 0.485 e. The molecule has 0 aliphatic heterocycles. The van der Waals surface area contributed by atoms with E-state index in [1.165, 1.54) is 24.0 Å². The van der Waals surface area contributed by atoms with Crippen LogP contribution in [0.3, 0.4) is 0 Å². The first-order chi connectivity index (χ1) is 15.2. The van der Waals surface area contributed by atoms with Gasteiger partial charge in [0.2, 0.25) is 0 Å². The van der Waals surface area contributed by atoms with E-state index in [0.29, 0.717) is 6.61 Å². The van der Waals surface area contributed by atoms with Crippen molar-refractivity contribution in [3.63, 3.8) is 0 Å². The van der Waals surface area contributed by atoms with Crippen molar-refractivity contribution >= 4 is 17.2 Å². The topological polar surface area (TPSA) is 38.6 Å². The highest BCUT2D eigenvalue weighted by atomic mass is 16.5. The number of pyridine rings is 1. The number of nitrogens with zero attached hydrogens (tertiary/aromatic N) is 2. The molecule has 0 radical (unpaired) electrons. The lowest BCUT2D eigenvalue weighted by Gasteiger charge is -2.14. The van der Waals surface area contributed by atoms with Crippen LogP contribution in [0.1, 0.15) is 48.6 Å². The first kappa shape index (κ1) is 21.0. The SMILES string of the molecule is CCCCCc1nc2c(OCc3ccccc3)cccn2c1Nc1c(C)cccc1C. The Kier molecular flexibility index (Phi) is 6.56. The van der Waals surface area contributed by atoms with E-state index in [2.05, 4.69) is 67.0 Å². The van der Waals surface area contributed by atoms with Crippen molar-refractivity contribution in [3.05, 3.63) is 89.2 Å². The average molecular weight is 414 g/mol. The number of fused-ring (bicyclic) bond motifs is 1. The molecule has 0 saturated heterocycles. The monoisotopic (exact) mass is 413 g/mol. The van der Waals surface area contributed by atoms with Crippen molar-refractivity contribution in [2.75, 3.05) is 5.32 Å². The van der Waals surface area contributed by atoms with Crippen LogP contribution in [-0.2, 0) is 13.0 Å². The Morgan fingerprint density at radius 2 is 1.68 bits per heavy atom. The van der Waals surface area contributed by atoms with Gasteiger partial charge in [-0.1, -0.05) is 68.3 Å². The molecule has 0 amide bonds. The van der Waals surface area contributed by atoms with Crippen LogP contribution < -0.4 is 10.1 Å². The van der Waals surface area contributed by atoms with Gasteiger partial charge >= 0.3 is 0 Å². The number of unbranched alkanes of at least 4 members (excludes halogenated alkanes) is 2. The lowest BCUT2D eigenvalue weighted by atomic mass is 10.1. The second-order valence-electron chi connectivity index (χ2n) is 8.10. The van der Waals surface area contributed by atoms with E-state index in [1.54, 1.807) is 0 Å². The van der Waals surface area contributed by atoms with E-state index >= 15 is 0 Å². The normalized spacial score (nSPS) is 11.1. The fraction of sp³-hybridized carbons (Fsp3) is 0.296. The smallest absolute Gasteiger partial charge is 0.181 e. The molecular weight excluding hydrogens is 382 g/mol. The molecule has 2 heterocycles. The molecule has 0 aliphatic rings. The van der Waals surface area contributed by atoms with Gasteiger partial charge in [-0.15, -0.1) is 0 Å². The summed E-state index contributed by atoms with van der Waals surface area (Å²) in [5.41, 5.74) is 6.70. The third kappa shape index (κ3) is 4.74. The molecule has 31 heavy (non-hydrogen) atoms. The van der Waals surface area contributed by atoms with E-state index in [1.807, 2.05) is 30.3 Å². The van der Waals surface area contributed by atoms with Crippen molar-refractivity contribution in [2.24, 2.45) is 0 Å². The molecule has 0 saturated carbocycles. The number of rotatable bonds is 9. The molecule has 4 rings (SSSR count). The second-order valence-corrected chi connectivity index (χ2v) is 8.10. The molecule has 0 fully saturated rings. The van der Waals surface area contributed by atoms with Gasteiger partial charge in [0.25, 0.3) is 0 Å². The zero-order chi connectivity index (χ0) is 21.6. The van der Waals surface area contributed by atoms with Gasteiger partial charge in [-0.2, -0.15) is 0 Å². The number of nitrogens with one attached hydrogen (secondary N) is 1. The maximum Gasteiger partial charge on any atom is 0.181 e. The summed E-state index contributed by atoms with van der Waals surface area (Å²) in [5, 5.41) is 3.70. The molecular formula is C27H31N3O. The van der Waals surface area contributed by atoms with Gasteiger partial charge in [0.15, 0.2) is 11.4 Å². The number of aryl methyl sites for hydroxylation is 3. The summed E-state index contributed by atoms with van der Waals surface area (Å²) >= 11 is 0. The number of imidazole rings is 1. The number of hydrogen-bond acceptors (Lipinski definition) is 3. The Balaban J connectivity index is 1.71. The van der Waals surface area contributed by atoms with E-state index in [0.717, 1.165) is 47.0 Å². The Bertz CT molecular complexity index is 1130. The van der Waals surface area contributed by atoms with Crippen molar-refractivity contribution < 1.29 is 4.74 Å². The first-order valence-corrected chi connectivity index (χ1v) is 11.2. The lowest BCUT2D eigenvalue weighted by molar-refractivity contribution is 0.308. The van der Waals surface area contributed by atoms with Crippen LogP contribution in [0.4, 0.5) is 11.5 Å². The summed E-state index contributed by atoms with van der Waals surface area (Å²) in [6, 6.07) is 20.7. The molecule has 0 atom stereocenters. The van der Waals surface area contributed by atoms with Gasteiger partial charge in [0.1, 0.15) is 12.4 Å². The minimum atomic E-state index is 0.526. The van der Waals surface area contributed by atoms with E-state index in [4.69, 9.17) is 9.72 Å². The molecule has 1 N–H and O–H groups in total. The van der Waals surface area contributed by atoms with Crippen molar-refractivity contribution in [3.8, 4) is 5.75 Å². The molecule has 0 bridgehead atoms. The number of aromatic nitrogens is 2. The molecule has 160 valence electrons. The molecule has 2 aromatic carbocycles. The Morgan fingerprint density at radius 1 is 0.903 bits per heavy atom. The highest BCUT2D eigenvalue weighted by Crippen LogP contribution is 2.31. The summed E-state index contributed by atoms with van der Waals surface area (Å²) in [6.07, 6.45) is 6.53. The number of ether oxygens (including phenoxy) is 1. The summed E-state index contributed by atoms with van der Waals surface area (Å²) < 4.78 is 8.32. The predicted molar refractivity (Wildman–Crippen MR) is 128 cm³/mol. The molecule has 0 aliphatic carbocycles. The molecule has 4 aromatic rings. The van der Waals surface area contributed by atoms with Crippen LogP contribution in [0, 0.1) is 13.8 Å². The number of hydrogen-bond donors (Lipinski definition) is 1. The molecule has 0 unspecified atom stereocenters. The van der Waals surface area contributed by atoms with Crippen molar-refractivity contribution in [1.29, 1.82) is 0 Å². The standard InChI is InChI=1S/C27H31N3O/c1-4-5-7-16-23-26(29-25-20(2)12-10-13-21(25)3)30-18-11-17-24(27(30)28-23)31-19-22-14-8-6-9-15-22/h6,8-15,17-18,29H,4-5,7,16,19H2,1-3H3. The van der Waals surface area contributed by atoms with Crippen molar-refractivity contribution in [2.45, 2.75) is 53.1 Å². The average Bonchev–Trinajstić information content (AvgIpc) is 3.13. The molecule has 0 spiro atoms. The summed E-state index contributed by atoms with van der Waals surface area (Å²) in [7, 11) is 0. The predicted octanol–water partition coefficient (Wildman–Crippen LogP) is 7.01. The number of benzene rings is 2. The van der Waals surface area contributed by atoms with Gasteiger partial charge in [0, 0.05) is 11.9 Å². The third-order valence-corrected chi connectivity index (χ3v) is 5.67. The maximum atomic E-state index is 6.19. The summed E-state index contributed by atoms with van der Waals surface area (Å²) in [5.74, 6) is 1.84. The highest BCUT2D eigenvalue weighted by molar-refractivity contribution is 5.70. The Labute approximate surface area is 184 Å². The third-order valence-electron chi connectivity index (χ3n) is 5.67. The van der Waals surface area contributed by atoms with Gasteiger partial charge in [-0.3, -0.25) is 4.40 Å². The van der Waals surface area contributed by atoms with E-state index in [9.17, 15) is 0 Å². The van der Waals surface area contributed by atoms with E-state index < -0.39 is 0 Å². The van der Waals surface area contributed by atoms with Crippen LogP contribution in [0.25, 0.3) is 5.65 Å². The lowest BCUT2D eigenvalue weighted by Crippen LogP contribution is -2.02. The number of anilines is 2. The molecule has 4 nitrogen and oxygen atoms in total. The Morgan fingerprint density at radius 3 is 2.42 bits per heavy atom. The fourth-order valence-electron chi connectivity index (χ4n) is 3.92. The van der Waals surface area contributed by atoms with E-state index in [-0.39, 0.29) is 0 Å². The second kappa shape index (κ2) is 9.69. The van der Waals surface area contributed by atoms with Crippen LogP contribution in [0.2, 0.25) is 0 Å². The zero-order valence-corrected chi connectivity index (χ0v) is 18.7. The molecule has 4 heteroatoms. The van der Waals surface area contributed by atoms with Crippen LogP contribution >= 0.6 is 0 Å². The van der Waals surface area contributed by atoms with Gasteiger partial charge in [0.05, 0.1) is 5.69 Å². The van der Waals surface area contributed by atoms with Gasteiger partial charge in [-0.25, -0.2) is 4.98 Å². The summed E-state index contributed by atoms with van der Waals surface area (Å²) in [4.78, 5) is 5.03.